The molecule has 0 saturated carbocycles. The summed E-state index contributed by atoms with van der Waals surface area (Å²) in [5.41, 5.74) is 0.608. The van der Waals surface area contributed by atoms with Crippen molar-refractivity contribution in [1.29, 1.82) is 0 Å². The molecule has 0 saturated heterocycles. The van der Waals surface area contributed by atoms with E-state index in [-0.39, 0.29) is 28.5 Å². The average molecular weight is 473 g/mol. The number of hydrogen-bond donors (Lipinski definition) is 2. The Morgan fingerprint density at radius 2 is 1.87 bits per heavy atom. The first kappa shape index (κ1) is 21.5. The number of fused-ring (bicyclic) bond motifs is 1. The number of rotatable bonds is 3. The molecule has 0 spiro atoms. The molecule has 1 aliphatic heterocycles. The fourth-order valence-corrected chi connectivity index (χ4v) is 3.88. The van der Waals surface area contributed by atoms with Crippen molar-refractivity contribution in [3.05, 3.63) is 75.7 Å². The van der Waals surface area contributed by atoms with E-state index in [9.17, 15) is 22.4 Å². The van der Waals surface area contributed by atoms with Gasteiger partial charge in [-0.3, -0.25) is 4.79 Å². The summed E-state index contributed by atoms with van der Waals surface area (Å²) in [6, 6.07) is 6.80. The van der Waals surface area contributed by atoms with Crippen LogP contribution in [0.25, 0.3) is 0 Å². The van der Waals surface area contributed by atoms with Crippen molar-refractivity contribution in [1.82, 2.24) is 9.78 Å². The Morgan fingerprint density at radius 3 is 2.52 bits per heavy atom. The Hall–Kier alpha value is -2.78. The lowest BCUT2D eigenvalue weighted by Gasteiger charge is -2.34. The van der Waals surface area contributed by atoms with Crippen LogP contribution in [0.1, 0.15) is 34.4 Å². The van der Waals surface area contributed by atoms with Crippen molar-refractivity contribution in [3.8, 4) is 0 Å². The Morgan fingerprint density at radius 1 is 1.16 bits per heavy atom. The number of benzene rings is 2. The highest BCUT2D eigenvalue weighted by atomic mass is 35.5. The van der Waals surface area contributed by atoms with Gasteiger partial charge < -0.3 is 10.6 Å². The van der Waals surface area contributed by atoms with Crippen molar-refractivity contribution < 1.29 is 22.4 Å². The Kier molecular flexibility index (Phi) is 5.57. The third-order valence-corrected chi connectivity index (χ3v) is 5.48. The van der Waals surface area contributed by atoms with Gasteiger partial charge in [0.1, 0.15) is 17.2 Å². The first-order valence-electron chi connectivity index (χ1n) is 9.06. The number of anilines is 2. The predicted molar refractivity (Wildman–Crippen MR) is 109 cm³/mol. The summed E-state index contributed by atoms with van der Waals surface area (Å²) >= 11 is 11.9. The Labute approximate surface area is 184 Å². The molecule has 11 heteroatoms. The van der Waals surface area contributed by atoms with E-state index in [0.717, 1.165) is 10.9 Å². The number of alkyl halides is 3. The van der Waals surface area contributed by atoms with Crippen LogP contribution >= 0.6 is 23.2 Å². The highest BCUT2D eigenvalue weighted by Gasteiger charge is 2.47. The van der Waals surface area contributed by atoms with E-state index in [1.54, 1.807) is 0 Å². The molecular weight excluding hydrogens is 459 g/mol. The number of nitrogens with one attached hydrogen (secondary N) is 2. The van der Waals surface area contributed by atoms with Crippen LogP contribution in [-0.2, 0) is 0 Å². The van der Waals surface area contributed by atoms with E-state index in [1.165, 1.54) is 42.5 Å². The second-order valence-electron chi connectivity index (χ2n) is 6.97. The van der Waals surface area contributed by atoms with Gasteiger partial charge in [0.05, 0.1) is 22.9 Å². The molecule has 5 nitrogen and oxygen atoms in total. The molecule has 2 atom stereocenters. The second-order valence-corrected chi connectivity index (χ2v) is 7.81. The third kappa shape index (κ3) is 4.33. The van der Waals surface area contributed by atoms with Gasteiger partial charge in [-0.15, -0.1) is 0 Å². The molecular formula is C20H14Cl2F4N4O. The number of amides is 1. The zero-order chi connectivity index (χ0) is 22.3. The highest BCUT2D eigenvalue weighted by Crippen LogP contribution is 2.44. The molecule has 162 valence electrons. The van der Waals surface area contributed by atoms with Gasteiger partial charge in [0.25, 0.3) is 5.91 Å². The molecule has 1 aromatic heterocycles. The number of nitrogens with zero attached hydrogens (tertiary/aromatic N) is 2. The SMILES string of the molecule is O=C(Nc1ccc(Cl)cc1Cl)c1cnn2c1N[C@@H](c1ccc(F)cc1)C[C@H]2C(F)(F)F. The lowest BCUT2D eigenvalue weighted by atomic mass is 9.96. The molecule has 2 aromatic carbocycles. The van der Waals surface area contributed by atoms with Crippen LogP contribution in [0.5, 0.6) is 0 Å². The van der Waals surface area contributed by atoms with E-state index in [1.807, 2.05) is 0 Å². The van der Waals surface area contributed by atoms with Crippen LogP contribution in [-0.4, -0.2) is 21.9 Å². The number of hydrogen-bond acceptors (Lipinski definition) is 3. The van der Waals surface area contributed by atoms with E-state index < -0.39 is 30.0 Å². The molecule has 31 heavy (non-hydrogen) atoms. The number of carbonyl (C=O) groups excluding carboxylic acids is 1. The minimum atomic E-state index is -4.60. The first-order valence-corrected chi connectivity index (χ1v) is 9.81. The lowest BCUT2D eigenvalue weighted by molar-refractivity contribution is -0.173. The third-order valence-electron chi connectivity index (χ3n) is 4.93. The van der Waals surface area contributed by atoms with E-state index in [4.69, 9.17) is 23.2 Å². The normalized spacial score (nSPS) is 18.3. The van der Waals surface area contributed by atoms with Crippen LogP contribution in [0.2, 0.25) is 10.0 Å². The maximum absolute atomic E-state index is 13.7. The van der Waals surface area contributed by atoms with Crippen LogP contribution in [0.4, 0.5) is 29.1 Å². The number of carbonyl (C=O) groups is 1. The summed E-state index contributed by atoms with van der Waals surface area (Å²) in [6.07, 6.45) is -3.91. The van der Waals surface area contributed by atoms with E-state index >= 15 is 0 Å². The number of halogens is 6. The fourth-order valence-electron chi connectivity index (χ4n) is 3.42. The molecule has 3 aromatic rings. The Bertz CT molecular complexity index is 1130. The van der Waals surface area contributed by atoms with Crippen molar-refractivity contribution in [2.75, 3.05) is 10.6 Å². The highest BCUT2D eigenvalue weighted by molar-refractivity contribution is 6.36. The quantitative estimate of drug-likeness (QED) is 0.443. The summed E-state index contributed by atoms with van der Waals surface area (Å²) in [7, 11) is 0. The minimum Gasteiger partial charge on any atom is -0.363 e. The predicted octanol–water partition coefficient (Wildman–Crippen LogP) is 6.24. The van der Waals surface area contributed by atoms with E-state index in [0.29, 0.717) is 10.6 Å². The zero-order valence-corrected chi connectivity index (χ0v) is 17.1. The molecule has 0 aliphatic carbocycles. The molecule has 0 fully saturated rings. The van der Waals surface area contributed by atoms with Gasteiger partial charge >= 0.3 is 6.18 Å². The number of aromatic nitrogens is 2. The van der Waals surface area contributed by atoms with Gasteiger partial charge in [0.2, 0.25) is 0 Å². The van der Waals surface area contributed by atoms with Crippen molar-refractivity contribution in [2.45, 2.75) is 24.7 Å². The largest absolute Gasteiger partial charge is 0.410 e. The summed E-state index contributed by atoms with van der Waals surface area (Å²) in [6.45, 7) is 0. The smallest absolute Gasteiger partial charge is 0.363 e. The summed E-state index contributed by atoms with van der Waals surface area (Å²) in [4.78, 5) is 12.8. The van der Waals surface area contributed by atoms with Crippen LogP contribution < -0.4 is 10.6 Å². The standard InChI is InChI=1S/C20H14Cl2F4N4O/c21-11-3-6-15(14(22)7-11)29-19(31)13-9-27-30-17(20(24,25)26)8-16(28-18(13)30)10-1-4-12(23)5-2-10/h1-7,9,16-17,28H,8H2,(H,29,31)/t16-,17+/m1/s1. The summed E-state index contributed by atoms with van der Waals surface area (Å²) in [5.74, 6) is -1.29. The molecule has 1 aliphatic rings. The Balaban J connectivity index is 1.69. The fraction of sp³-hybridized carbons (Fsp3) is 0.200. The van der Waals surface area contributed by atoms with Gasteiger partial charge in [-0.05, 0) is 35.9 Å². The topological polar surface area (TPSA) is 59.0 Å². The molecule has 0 bridgehead atoms. The monoisotopic (exact) mass is 472 g/mol. The van der Waals surface area contributed by atoms with Crippen LogP contribution in [0.3, 0.4) is 0 Å². The van der Waals surface area contributed by atoms with Gasteiger partial charge in [-0.2, -0.15) is 18.3 Å². The minimum absolute atomic E-state index is 0.0907. The molecule has 4 rings (SSSR count). The van der Waals surface area contributed by atoms with Crippen molar-refractivity contribution >= 4 is 40.6 Å². The maximum atomic E-state index is 13.7. The second kappa shape index (κ2) is 8.05. The average Bonchev–Trinajstić information content (AvgIpc) is 3.13. The molecule has 2 N–H and O–H groups in total. The summed E-state index contributed by atoms with van der Waals surface area (Å²) in [5, 5.41) is 9.83. The van der Waals surface area contributed by atoms with Crippen molar-refractivity contribution in [3.63, 3.8) is 0 Å². The van der Waals surface area contributed by atoms with Gasteiger partial charge in [-0.1, -0.05) is 35.3 Å². The summed E-state index contributed by atoms with van der Waals surface area (Å²) < 4.78 is 55.2. The van der Waals surface area contributed by atoms with Crippen molar-refractivity contribution in [2.24, 2.45) is 0 Å². The van der Waals surface area contributed by atoms with Gasteiger partial charge in [0, 0.05) is 11.4 Å². The molecule has 0 unspecified atom stereocenters. The van der Waals surface area contributed by atoms with Gasteiger partial charge in [0.15, 0.2) is 6.04 Å². The van der Waals surface area contributed by atoms with Crippen LogP contribution in [0, 0.1) is 5.82 Å². The lowest BCUT2D eigenvalue weighted by Crippen LogP contribution is -2.36. The maximum Gasteiger partial charge on any atom is 0.410 e. The molecule has 1 amide bonds. The van der Waals surface area contributed by atoms with Crippen LogP contribution in [0.15, 0.2) is 48.7 Å². The molecule has 2 heterocycles. The zero-order valence-electron chi connectivity index (χ0n) is 15.6. The first-order chi connectivity index (χ1) is 14.6. The van der Waals surface area contributed by atoms with E-state index in [2.05, 4.69) is 15.7 Å². The molecule has 0 radical (unpaired) electrons. The van der Waals surface area contributed by atoms with Gasteiger partial charge in [-0.25, -0.2) is 9.07 Å².